The van der Waals surface area contributed by atoms with Crippen LogP contribution in [0.1, 0.15) is 37.5 Å². The van der Waals surface area contributed by atoms with Gasteiger partial charge in [-0.05, 0) is 23.6 Å². The zero-order valence-corrected chi connectivity index (χ0v) is 13.6. The van der Waals surface area contributed by atoms with E-state index in [0.717, 1.165) is 24.3 Å². The number of methoxy groups -OCH3 is 1. The molecular formula is C16H20F3NO4. The van der Waals surface area contributed by atoms with Crippen molar-refractivity contribution in [2.24, 2.45) is 5.92 Å². The third-order valence-electron chi connectivity index (χ3n) is 3.77. The van der Waals surface area contributed by atoms with Gasteiger partial charge in [-0.3, -0.25) is 4.79 Å². The van der Waals surface area contributed by atoms with E-state index in [1.54, 1.807) is 6.92 Å². The molecule has 1 rings (SSSR count). The maximum Gasteiger partial charge on any atom is 0.416 e. The summed E-state index contributed by atoms with van der Waals surface area (Å²) in [5.41, 5.74) is -0.890. The molecule has 0 aromatic heterocycles. The van der Waals surface area contributed by atoms with Gasteiger partial charge < -0.3 is 15.2 Å². The number of alkyl halides is 3. The molecule has 134 valence electrons. The van der Waals surface area contributed by atoms with Crippen molar-refractivity contribution < 1.29 is 32.6 Å². The summed E-state index contributed by atoms with van der Waals surface area (Å²) in [4.78, 5) is 23.8. The summed E-state index contributed by atoms with van der Waals surface area (Å²) < 4.78 is 42.2. The Morgan fingerprint density at radius 1 is 1.25 bits per heavy atom. The molecular weight excluding hydrogens is 327 g/mol. The Bertz CT molecular complexity index is 572. The summed E-state index contributed by atoms with van der Waals surface area (Å²) in [5, 5.41) is 12.4. The van der Waals surface area contributed by atoms with E-state index in [-0.39, 0.29) is 11.5 Å². The first kappa shape index (κ1) is 20.0. The van der Waals surface area contributed by atoms with Crippen LogP contribution in [0.25, 0.3) is 0 Å². The standard InChI is InChI=1S/C16H20F3NO4/c1-4-9(2)12(15(23)24-3)20-14(22)13(21)10-5-7-11(8-6-10)16(17,18)19/h5-9,12-13,21H,4H2,1-3H3,(H,20,22)/t9-,12+,13-/m0/s1. The van der Waals surface area contributed by atoms with E-state index in [1.807, 2.05) is 6.92 Å². The number of hydrogen-bond donors (Lipinski definition) is 2. The molecule has 1 amide bonds. The van der Waals surface area contributed by atoms with Crippen molar-refractivity contribution >= 4 is 11.9 Å². The Kier molecular flexibility index (Phi) is 6.77. The number of carbonyl (C=O) groups excluding carboxylic acids is 2. The number of halogens is 3. The van der Waals surface area contributed by atoms with Crippen molar-refractivity contribution in [2.45, 2.75) is 38.6 Å². The molecule has 0 aliphatic heterocycles. The SMILES string of the molecule is CC[C@H](C)[C@@H](NC(=O)[C@@H](O)c1ccc(C(F)(F)F)cc1)C(=O)OC. The molecule has 0 unspecified atom stereocenters. The fourth-order valence-corrected chi connectivity index (χ4v) is 2.03. The fourth-order valence-electron chi connectivity index (χ4n) is 2.03. The normalized spacial score (nSPS) is 15.3. The topological polar surface area (TPSA) is 75.6 Å². The Balaban J connectivity index is 2.88. The zero-order valence-electron chi connectivity index (χ0n) is 13.6. The van der Waals surface area contributed by atoms with Gasteiger partial charge in [-0.25, -0.2) is 4.79 Å². The molecule has 0 aliphatic rings. The van der Waals surface area contributed by atoms with E-state index in [9.17, 15) is 27.9 Å². The van der Waals surface area contributed by atoms with Crippen molar-refractivity contribution in [3.05, 3.63) is 35.4 Å². The monoisotopic (exact) mass is 347 g/mol. The summed E-state index contributed by atoms with van der Waals surface area (Å²) in [5.74, 6) is -1.77. The molecule has 0 heterocycles. The number of esters is 1. The minimum Gasteiger partial charge on any atom is -0.467 e. The molecule has 0 spiro atoms. The van der Waals surface area contributed by atoms with Crippen molar-refractivity contribution in [3.8, 4) is 0 Å². The highest BCUT2D eigenvalue weighted by molar-refractivity contribution is 5.87. The lowest BCUT2D eigenvalue weighted by Gasteiger charge is -2.23. The number of carbonyl (C=O) groups is 2. The molecule has 0 saturated carbocycles. The van der Waals surface area contributed by atoms with Crippen molar-refractivity contribution in [3.63, 3.8) is 0 Å². The number of amides is 1. The lowest BCUT2D eigenvalue weighted by molar-refractivity contribution is -0.148. The van der Waals surface area contributed by atoms with Crippen LogP contribution in [0.15, 0.2) is 24.3 Å². The molecule has 3 atom stereocenters. The second kappa shape index (κ2) is 8.14. The highest BCUT2D eigenvalue weighted by Gasteiger charge is 2.32. The lowest BCUT2D eigenvalue weighted by Crippen LogP contribution is -2.47. The van der Waals surface area contributed by atoms with Gasteiger partial charge in [0, 0.05) is 0 Å². The highest BCUT2D eigenvalue weighted by atomic mass is 19.4. The van der Waals surface area contributed by atoms with Crippen LogP contribution in [-0.4, -0.2) is 30.1 Å². The van der Waals surface area contributed by atoms with Crippen LogP contribution in [0.5, 0.6) is 0 Å². The lowest BCUT2D eigenvalue weighted by atomic mass is 9.98. The molecule has 0 fully saturated rings. The Hall–Kier alpha value is -2.09. The number of ether oxygens (including phenoxy) is 1. The number of nitrogens with one attached hydrogen (secondary N) is 1. The predicted molar refractivity (Wildman–Crippen MR) is 79.8 cm³/mol. The van der Waals surface area contributed by atoms with Crippen LogP contribution >= 0.6 is 0 Å². The molecule has 0 saturated heterocycles. The van der Waals surface area contributed by atoms with Crippen LogP contribution in [0.2, 0.25) is 0 Å². The number of aliphatic hydroxyl groups is 1. The molecule has 0 radical (unpaired) electrons. The van der Waals surface area contributed by atoms with Gasteiger partial charge in [-0.15, -0.1) is 0 Å². The third kappa shape index (κ3) is 4.95. The summed E-state index contributed by atoms with van der Waals surface area (Å²) in [7, 11) is 1.18. The first-order valence-electron chi connectivity index (χ1n) is 7.35. The van der Waals surface area contributed by atoms with Crippen LogP contribution in [0, 0.1) is 5.92 Å². The summed E-state index contributed by atoms with van der Waals surface area (Å²) in [6, 6.07) is 2.64. The molecule has 0 aliphatic carbocycles. The van der Waals surface area contributed by atoms with E-state index in [1.165, 1.54) is 7.11 Å². The van der Waals surface area contributed by atoms with E-state index in [2.05, 4.69) is 10.1 Å². The van der Waals surface area contributed by atoms with Crippen molar-refractivity contribution in [2.75, 3.05) is 7.11 Å². The van der Waals surface area contributed by atoms with Crippen LogP contribution in [0.4, 0.5) is 13.2 Å². The van der Waals surface area contributed by atoms with Gasteiger partial charge in [0.1, 0.15) is 6.04 Å². The minimum atomic E-state index is -4.50. The minimum absolute atomic E-state index is 0.00623. The van der Waals surface area contributed by atoms with Crippen LogP contribution in [0.3, 0.4) is 0 Å². The predicted octanol–water partition coefficient (Wildman–Crippen LogP) is 2.44. The average molecular weight is 347 g/mol. The summed E-state index contributed by atoms with van der Waals surface area (Å²) in [6.45, 7) is 3.55. The van der Waals surface area contributed by atoms with Crippen molar-refractivity contribution in [1.82, 2.24) is 5.32 Å². The maximum absolute atomic E-state index is 12.5. The van der Waals surface area contributed by atoms with Gasteiger partial charge in [-0.1, -0.05) is 32.4 Å². The zero-order chi connectivity index (χ0) is 18.5. The number of hydrogen-bond acceptors (Lipinski definition) is 4. The van der Waals surface area contributed by atoms with E-state index < -0.39 is 35.8 Å². The van der Waals surface area contributed by atoms with Gasteiger partial charge in [0.15, 0.2) is 6.10 Å². The smallest absolute Gasteiger partial charge is 0.416 e. The van der Waals surface area contributed by atoms with E-state index >= 15 is 0 Å². The highest BCUT2D eigenvalue weighted by Crippen LogP contribution is 2.30. The third-order valence-corrected chi connectivity index (χ3v) is 3.77. The molecule has 8 heteroatoms. The van der Waals surface area contributed by atoms with Crippen LogP contribution in [-0.2, 0) is 20.5 Å². The Labute approximate surface area is 137 Å². The quantitative estimate of drug-likeness (QED) is 0.775. The molecule has 1 aromatic rings. The second-order valence-electron chi connectivity index (χ2n) is 5.42. The number of aliphatic hydroxyl groups excluding tert-OH is 1. The first-order valence-corrected chi connectivity index (χ1v) is 7.35. The Morgan fingerprint density at radius 2 is 1.79 bits per heavy atom. The Morgan fingerprint density at radius 3 is 2.21 bits per heavy atom. The van der Waals surface area contributed by atoms with Crippen LogP contribution < -0.4 is 5.32 Å². The van der Waals surface area contributed by atoms with Crippen molar-refractivity contribution in [1.29, 1.82) is 0 Å². The summed E-state index contributed by atoms with van der Waals surface area (Å²) >= 11 is 0. The van der Waals surface area contributed by atoms with Gasteiger partial charge in [0.25, 0.3) is 5.91 Å². The first-order chi connectivity index (χ1) is 11.1. The molecule has 24 heavy (non-hydrogen) atoms. The largest absolute Gasteiger partial charge is 0.467 e. The molecule has 1 aromatic carbocycles. The molecule has 0 bridgehead atoms. The van der Waals surface area contributed by atoms with Gasteiger partial charge in [-0.2, -0.15) is 13.2 Å². The molecule has 5 nitrogen and oxygen atoms in total. The molecule has 2 N–H and O–H groups in total. The second-order valence-corrected chi connectivity index (χ2v) is 5.42. The van der Waals surface area contributed by atoms with E-state index in [4.69, 9.17) is 0 Å². The number of benzene rings is 1. The van der Waals surface area contributed by atoms with Gasteiger partial charge >= 0.3 is 12.1 Å². The van der Waals surface area contributed by atoms with E-state index in [0.29, 0.717) is 6.42 Å². The number of rotatable bonds is 6. The average Bonchev–Trinajstić information content (AvgIpc) is 2.56. The maximum atomic E-state index is 12.5. The van der Waals surface area contributed by atoms with Gasteiger partial charge in [0.05, 0.1) is 12.7 Å². The fraction of sp³-hybridized carbons (Fsp3) is 0.500. The summed E-state index contributed by atoms with van der Waals surface area (Å²) in [6.07, 6.45) is -5.61. The van der Waals surface area contributed by atoms with Gasteiger partial charge in [0.2, 0.25) is 0 Å².